The summed E-state index contributed by atoms with van der Waals surface area (Å²) in [6.45, 7) is 31.0. The quantitative estimate of drug-likeness (QED) is 0.0832. The number of nitrogens with one attached hydrogen (secondary N) is 6. The van der Waals surface area contributed by atoms with Crippen LogP contribution in [0.15, 0.2) is 71.2 Å². The lowest BCUT2D eigenvalue weighted by Gasteiger charge is -2.60. The third-order valence-electron chi connectivity index (χ3n) is 20.7. The molecule has 1 aromatic rings. The standard InChI is InChI=1S/C70H118F4N12O2/c1-13-40-88-47-60-45-82(11)39-35-77-58(27-25-56-26-28-61(62(71)42-56)70(72,73)74)29-32-75-33-34-76-48-69(30-17-18-31-69)81-53(8)67(57-22-15-16-23-57)86-55(10)66(68(87)84-36-19-20-37-84)65(86)44-78-52(7)63(41-49(3)4)79-43-64(50(5)14-2)80-51(6)54(9)85-38-21-24-59(85)46-83(60)12/h26,28-29,32,35,39,42,45-46,49-55,57,63-67,76-81H,13-25,27,30-31,33-34,36-38,40-41,43-44,47-48H2,1-12H3/t50-,51?,52?,53?,54-,55?,63-,64+,65?,66-,67+/m0/s1. The number of alkyl halides is 3. The van der Waals surface area contributed by atoms with Gasteiger partial charge < -0.3 is 56.2 Å². The van der Waals surface area contributed by atoms with Gasteiger partial charge in [0.1, 0.15) is 5.82 Å². The summed E-state index contributed by atoms with van der Waals surface area (Å²) in [5.41, 5.74) is 2.24. The second-order valence-electron chi connectivity index (χ2n) is 27.9. The molecule has 0 bridgehead atoms. The Hall–Kier alpha value is -4.04. The first-order valence-corrected chi connectivity index (χ1v) is 34.6. The Balaban J connectivity index is 1.19. The summed E-state index contributed by atoms with van der Waals surface area (Å²) in [5, 5.41) is 24.1. The molecule has 3 saturated heterocycles. The van der Waals surface area contributed by atoms with Crippen LogP contribution in [0.2, 0.25) is 0 Å². The maximum atomic E-state index is 14.8. The monoisotopic (exact) mass is 1230 g/mol. The highest BCUT2D eigenvalue weighted by atomic mass is 19.4. The van der Waals surface area contributed by atoms with E-state index in [1.54, 1.807) is 6.21 Å². The van der Waals surface area contributed by atoms with Gasteiger partial charge in [-0.15, -0.1) is 0 Å². The number of amides is 1. The third-order valence-corrected chi connectivity index (χ3v) is 20.7. The molecule has 498 valence electrons. The molecule has 1 amide bonds. The molecular weight excluding hydrogens is 1120 g/mol. The zero-order valence-electron chi connectivity index (χ0n) is 56.3. The molecule has 5 unspecified atom stereocenters. The van der Waals surface area contributed by atoms with Gasteiger partial charge in [-0.25, -0.2) is 4.39 Å². The molecule has 0 aromatic heterocycles. The maximum Gasteiger partial charge on any atom is 0.419 e. The first-order valence-electron chi connectivity index (χ1n) is 34.6. The van der Waals surface area contributed by atoms with Gasteiger partial charge in [0.15, 0.2) is 0 Å². The third kappa shape index (κ3) is 20.0. The van der Waals surface area contributed by atoms with Gasteiger partial charge in [0.05, 0.1) is 30.3 Å². The molecule has 0 radical (unpaired) electrons. The van der Waals surface area contributed by atoms with Crippen molar-refractivity contribution >= 4 is 12.1 Å². The molecule has 1 aromatic carbocycles. The highest BCUT2D eigenvalue weighted by Crippen LogP contribution is 2.44. The molecule has 18 heteroatoms. The molecule has 1 spiro atoms. The van der Waals surface area contributed by atoms with Crippen LogP contribution >= 0.6 is 0 Å². The van der Waals surface area contributed by atoms with Crippen LogP contribution in [0.3, 0.4) is 0 Å². The number of rotatable bonds is 13. The summed E-state index contributed by atoms with van der Waals surface area (Å²) in [6, 6.07) is 5.12. The highest BCUT2D eigenvalue weighted by molar-refractivity contribution is 5.82. The molecule has 4 heterocycles. The van der Waals surface area contributed by atoms with Gasteiger partial charge in [-0.3, -0.25) is 14.7 Å². The van der Waals surface area contributed by atoms with Crippen LogP contribution in [-0.4, -0.2) is 176 Å². The van der Waals surface area contributed by atoms with Crippen molar-refractivity contribution in [2.75, 3.05) is 79.7 Å². The van der Waals surface area contributed by atoms with Crippen LogP contribution in [0.25, 0.3) is 0 Å². The predicted molar refractivity (Wildman–Crippen MR) is 353 cm³/mol. The second-order valence-corrected chi connectivity index (χ2v) is 27.9. The Labute approximate surface area is 529 Å². The Bertz CT molecular complexity index is 2430. The van der Waals surface area contributed by atoms with Crippen molar-refractivity contribution in [3.05, 3.63) is 83.1 Å². The van der Waals surface area contributed by atoms with Crippen molar-refractivity contribution in [3.8, 4) is 0 Å². The van der Waals surface area contributed by atoms with Crippen molar-refractivity contribution in [1.82, 2.24) is 56.4 Å². The number of likely N-dealkylation sites (tertiary alicyclic amines) is 1. The summed E-state index contributed by atoms with van der Waals surface area (Å²) in [7, 11) is 4.08. The molecular formula is C70H118F4N12O2. The van der Waals surface area contributed by atoms with Crippen LogP contribution in [0.1, 0.15) is 183 Å². The summed E-state index contributed by atoms with van der Waals surface area (Å²) < 4.78 is 61.4. The van der Waals surface area contributed by atoms with E-state index in [9.17, 15) is 22.4 Å². The Morgan fingerprint density at radius 2 is 1.60 bits per heavy atom. The smallest absolute Gasteiger partial charge is 0.375 e. The normalized spacial score (nSPS) is 29.9. The van der Waals surface area contributed by atoms with E-state index in [0.29, 0.717) is 74.4 Å². The first-order chi connectivity index (χ1) is 42.1. The van der Waals surface area contributed by atoms with Crippen molar-refractivity contribution in [1.29, 1.82) is 0 Å². The van der Waals surface area contributed by atoms with Crippen molar-refractivity contribution < 1.29 is 27.1 Å². The van der Waals surface area contributed by atoms with Crippen LogP contribution in [0.5, 0.6) is 0 Å². The number of hydrogen-bond donors (Lipinski definition) is 6. The number of fused-ring (bicyclic) bond motifs is 2. The topological polar surface area (TPSA) is 127 Å². The highest BCUT2D eigenvalue weighted by Gasteiger charge is 2.56. The molecule has 5 fully saturated rings. The van der Waals surface area contributed by atoms with Crippen LogP contribution in [-0.2, 0) is 22.1 Å². The van der Waals surface area contributed by atoms with E-state index < -0.39 is 17.6 Å². The van der Waals surface area contributed by atoms with Gasteiger partial charge in [0.2, 0.25) is 5.91 Å². The number of nitrogens with zero attached hydrogens (tertiary/aromatic N) is 6. The molecule has 6 N–H and O–H groups in total. The molecule has 14 nitrogen and oxygen atoms in total. The Morgan fingerprint density at radius 1 is 0.864 bits per heavy atom. The Kier molecular flexibility index (Phi) is 28.1. The van der Waals surface area contributed by atoms with Gasteiger partial charge in [-0.1, -0.05) is 72.8 Å². The number of carbonyl (C=O) groups is 1. The molecule has 6 aliphatic rings. The fourth-order valence-corrected chi connectivity index (χ4v) is 15.3. The fourth-order valence-electron chi connectivity index (χ4n) is 15.3. The van der Waals surface area contributed by atoms with Crippen molar-refractivity contribution in [3.63, 3.8) is 0 Å². The van der Waals surface area contributed by atoms with E-state index in [2.05, 4.69) is 140 Å². The van der Waals surface area contributed by atoms with Gasteiger partial charge in [0.25, 0.3) is 0 Å². The largest absolute Gasteiger partial charge is 0.419 e. The lowest BCUT2D eigenvalue weighted by atomic mass is 9.74. The number of likely N-dealkylation sites (N-methyl/N-ethyl adjacent to an activating group) is 1. The lowest BCUT2D eigenvalue weighted by molar-refractivity contribution is -0.160. The average molecular weight is 1240 g/mol. The minimum atomic E-state index is -4.76. The van der Waals surface area contributed by atoms with E-state index in [0.717, 1.165) is 121 Å². The zero-order valence-corrected chi connectivity index (χ0v) is 56.3. The number of carbonyl (C=O) groups excluding carboxylic acids is 1. The summed E-state index contributed by atoms with van der Waals surface area (Å²) in [5.74, 6) is 0.575. The van der Waals surface area contributed by atoms with E-state index in [1.807, 2.05) is 30.4 Å². The predicted octanol–water partition coefficient (Wildman–Crippen LogP) is 11.4. The number of allylic oxidation sites excluding steroid dienone is 3. The van der Waals surface area contributed by atoms with Crippen LogP contribution < -0.4 is 31.9 Å². The van der Waals surface area contributed by atoms with E-state index >= 15 is 0 Å². The summed E-state index contributed by atoms with van der Waals surface area (Å²) in [4.78, 5) is 31.4. The second kappa shape index (κ2) is 34.6. The van der Waals surface area contributed by atoms with Gasteiger partial charge >= 0.3 is 6.18 Å². The van der Waals surface area contributed by atoms with Crippen LogP contribution in [0, 0.1) is 29.5 Å². The lowest BCUT2D eigenvalue weighted by Crippen LogP contribution is -2.76. The van der Waals surface area contributed by atoms with E-state index in [-0.39, 0.29) is 59.8 Å². The molecule has 88 heavy (non-hydrogen) atoms. The average Bonchev–Trinajstić information content (AvgIpc) is 2.80. The van der Waals surface area contributed by atoms with Crippen molar-refractivity contribution in [2.24, 2.45) is 28.7 Å². The molecule has 4 aliphatic heterocycles. The summed E-state index contributed by atoms with van der Waals surface area (Å²) >= 11 is 0. The number of aliphatic imine (C=N–C) groups is 1. The Morgan fingerprint density at radius 3 is 2.28 bits per heavy atom. The first kappa shape index (κ1) is 71.4. The van der Waals surface area contributed by atoms with Gasteiger partial charge in [-0.05, 0) is 153 Å². The number of aryl methyl sites for hydroxylation is 1. The molecule has 2 saturated carbocycles. The number of halogens is 4. The number of hydrogen-bond acceptors (Lipinski definition) is 13. The molecule has 2 aliphatic carbocycles. The SMILES string of the molecule is CCCOCC1=CN(C)C=CNC(CCc2ccc(C(F)(F)F)c(F)c2)=CC=NCCNCC2(CCCC2)NC(C)[C@H](C2CCCC2)N2C(C)[C@H](C(=O)N3CCCC3)C2CNC(C)[C@H](CC(C)C)NC[C@H]([C@@H](C)CC)NC(C)[C@H](C)N2CCCC2=CN1C. The summed E-state index contributed by atoms with van der Waals surface area (Å²) in [6.07, 6.45) is 24.6. The minimum absolute atomic E-state index is 0.0412. The van der Waals surface area contributed by atoms with Gasteiger partial charge in [0, 0.05) is 169 Å². The maximum absolute atomic E-state index is 14.8. The van der Waals surface area contributed by atoms with Crippen LogP contribution in [0.4, 0.5) is 17.6 Å². The molecule has 7 rings (SSSR count). The fraction of sp³-hybridized carbons (Fsp3) is 0.771. The van der Waals surface area contributed by atoms with E-state index in [4.69, 9.17) is 9.73 Å². The minimum Gasteiger partial charge on any atom is -0.375 e. The number of ether oxygens (including phenoxy) is 1. The zero-order chi connectivity index (χ0) is 63.5. The van der Waals surface area contributed by atoms with E-state index in [1.165, 1.54) is 50.3 Å². The molecule has 11 atom stereocenters. The number of benzene rings is 1. The van der Waals surface area contributed by atoms with Gasteiger partial charge in [-0.2, -0.15) is 13.2 Å². The van der Waals surface area contributed by atoms with Crippen molar-refractivity contribution in [2.45, 2.75) is 244 Å².